The van der Waals surface area contributed by atoms with Gasteiger partial charge in [-0.3, -0.25) is 14.4 Å². The van der Waals surface area contributed by atoms with Crippen molar-refractivity contribution >= 4 is 23.7 Å². The van der Waals surface area contributed by atoms with E-state index in [4.69, 9.17) is 5.73 Å². The normalized spacial score (nSPS) is 20.3. The first kappa shape index (κ1) is 26.9. The molecule has 0 aromatic carbocycles. The first-order valence-electron chi connectivity index (χ1n) is 11.3. The summed E-state index contributed by atoms with van der Waals surface area (Å²) in [6.45, 7) is 11.6. The van der Waals surface area contributed by atoms with Gasteiger partial charge in [0.2, 0.25) is 17.7 Å². The van der Waals surface area contributed by atoms with Gasteiger partial charge in [0.05, 0.1) is 6.04 Å². The van der Waals surface area contributed by atoms with Crippen LogP contribution in [0.1, 0.15) is 67.2 Å². The van der Waals surface area contributed by atoms with Crippen LogP contribution in [-0.2, 0) is 19.2 Å². The molecule has 9 nitrogen and oxygen atoms in total. The molecule has 5 atom stereocenters. The highest BCUT2D eigenvalue weighted by Crippen LogP contribution is 2.21. The van der Waals surface area contributed by atoms with Crippen LogP contribution in [0.5, 0.6) is 0 Å². The molecule has 1 aliphatic rings. The minimum atomic E-state index is -1.04. The van der Waals surface area contributed by atoms with E-state index in [2.05, 4.69) is 10.6 Å². The van der Waals surface area contributed by atoms with E-state index in [0.29, 0.717) is 32.2 Å². The predicted octanol–water partition coefficient (Wildman–Crippen LogP) is 1.11. The highest BCUT2D eigenvalue weighted by Gasteiger charge is 2.40. The van der Waals surface area contributed by atoms with Crippen molar-refractivity contribution in [3.63, 3.8) is 0 Å². The number of rotatable bonds is 11. The van der Waals surface area contributed by atoms with Crippen LogP contribution >= 0.6 is 0 Å². The molecule has 9 heteroatoms. The molecule has 0 spiro atoms. The van der Waals surface area contributed by atoms with Crippen LogP contribution in [0.15, 0.2) is 0 Å². The zero-order valence-electron chi connectivity index (χ0n) is 19.7. The number of amides is 3. The lowest BCUT2D eigenvalue weighted by atomic mass is 9.95. The SMILES string of the molecule is CCC(C)C(NC(=O)C(NC(=O)C(N)CC(C)C)C(C)C)C(=O)N1CCCC1C(=O)O. The third-order valence-electron chi connectivity index (χ3n) is 5.91. The molecule has 1 fully saturated rings. The Hall–Kier alpha value is -2.16. The van der Waals surface area contributed by atoms with Gasteiger partial charge >= 0.3 is 5.97 Å². The molecule has 0 saturated carbocycles. The zero-order valence-corrected chi connectivity index (χ0v) is 19.7. The van der Waals surface area contributed by atoms with E-state index >= 15 is 0 Å². The molecule has 1 saturated heterocycles. The maximum Gasteiger partial charge on any atom is 0.326 e. The highest BCUT2D eigenvalue weighted by atomic mass is 16.4. The Kier molecular flexibility index (Phi) is 10.4. The number of carbonyl (C=O) groups is 4. The van der Waals surface area contributed by atoms with Crippen molar-refractivity contribution in [2.45, 2.75) is 91.4 Å². The van der Waals surface area contributed by atoms with Crippen molar-refractivity contribution in [3.8, 4) is 0 Å². The van der Waals surface area contributed by atoms with Crippen LogP contribution < -0.4 is 16.4 Å². The third-order valence-corrected chi connectivity index (χ3v) is 5.91. The number of hydrogen-bond donors (Lipinski definition) is 4. The monoisotopic (exact) mass is 440 g/mol. The summed E-state index contributed by atoms with van der Waals surface area (Å²) in [5, 5.41) is 14.9. The molecule has 5 N–H and O–H groups in total. The quantitative estimate of drug-likeness (QED) is 0.379. The Labute approximate surface area is 185 Å². The number of likely N-dealkylation sites (tertiary alicyclic amines) is 1. The molecule has 178 valence electrons. The van der Waals surface area contributed by atoms with Crippen LogP contribution in [0, 0.1) is 17.8 Å². The Morgan fingerprint density at radius 2 is 1.61 bits per heavy atom. The molecule has 0 bridgehead atoms. The van der Waals surface area contributed by atoms with E-state index in [0.717, 1.165) is 0 Å². The van der Waals surface area contributed by atoms with Gasteiger partial charge in [0.1, 0.15) is 18.1 Å². The molecule has 0 radical (unpaired) electrons. The molecular formula is C22H40N4O5. The van der Waals surface area contributed by atoms with Gasteiger partial charge in [0.25, 0.3) is 0 Å². The Morgan fingerprint density at radius 1 is 1.03 bits per heavy atom. The lowest BCUT2D eigenvalue weighted by molar-refractivity contribution is -0.150. The van der Waals surface area contributed by atoms with Gasteiger partial charge in [-0.05, 0) is 37.0 Å². The van der Waals surface area contributed by atoms with Gasteiger partial charge in [-0.25, -0.2) is 4.79 Å². The van der Waals surface area contributed by atoms with Crippen molar-refractivity contribution in [2.75, 3.05) is 6.54 Å². The van der Waals surface area contributed by atoms with Gasteiger partial charge < -0.3 is 26.4 Å². The number of hydrogen-bond acceptors (Lipinski definition) is 5. The number of nitrogens with one attached hydrogen (secondary N) is 2. The number of nitrogens with two attached hydrogens (primary N) is 1. The van der Waals surface area contributed by atoms with Gasteiger partial charge in [-0.15, -0.1) is 0 Å². The maximum absolute atomic E-state index is 13.2. The van der Waals surface area contributed by atoms with Crippen LogP contribution in [0.2, 0.25) is 0 Å². The summed E-state index contributed by atoms with van der Waals surface area (Å²) >= 11 is 0. The van der Waals surface area contributed by atoms with Crippen LogP contribution in [0.3, 0.4) is 0 Å². The topological polar surface area (TPSA) is 142 Å². The van der Waals surface area contributed by atoms with Crippen molar-refractivity contribution < 1.29 is 24.3 Å². The Bertz CT molecular complexity index is 652. The second-order valence-electron chi connectivity index (χ2n) is 9.37. The van der Waals surface area contributed by atoms with Crippen LogP contribution in [0.4, 0.5) is 0 Å². The van der Waals surface area contributed by atoms with Gasteiger partial charge in [0, 0.05) is 6.54 Å². The molecule has 1 rings (SSSR count). The summed E-state index contributed by atoms with van der Waals surface area (Å²) in [6.07, 6.45) is 2.14. The largest absolute Gasteiger partial charge is 0.480 e. The zero-order chi connectivity index (χ0) is 23.9. The molecule has 1 heterocycles. The number of carboxylic acid groups (broad SMARTS) is 1. The third kappa shape index (κ3) is 7.48. The summed E-state index contributed by atoms with van der Waals surface area (Å²) in [4.78, 5) is 51.6. The number of carboxylic acids is 1. The fourth-order valence-corrected chi connectivity index (χ4v) is 3.80. The van der Waals surface area contributed by atoms with Gasteiger partial charge in [0.15, 0.2) is 0 Å². The molecule has 5 unspecified atom stereocenters. The molecule has 0 aromatic heterocycles. The van der Waals surface area contributed by atoms with E-state index in [-0.39, 0.29) is 17.8 Å². The average molecular weight is 441 g/mol. The smallest absolute Gasteiger partial charge is 0.326 e. The second kappa shape index (κ2) is 12.0. The summed E-state index contributed by atoms with van der Waals surface area (Å²) in [5.74, 6) is -2.48. The Balaban J connectivity index is 2.98. The fraction of sp³-hybridized carbons (Fsp3) is 0.818. The molecule has 0 aliphatic carbocycles. The second-order valence-corrected chi connectivity index (χ2v) is 9.37. The summed E-state index contributed by atoms with van der Waals surface area (Å²) in [5.41, 5.74) is 5.95. The summed E-state index contributed by atoms with van der Waals surface area (Å²) in [7, 11) is 0. The highest BCUT2D eigenvalue weighted by molar-refractivity contribution is 5.94. The van der Waals surface area contributed by atoms with Gasteiger partial charge in [-0.2, -0.15) is 0 Å². The average Bonchev–Trinajstić information content (AvgIpc) is 3.18. The van der Waals surface area contributed by atoms with Crippen LogP contribution in [0.25, 0.3) is 0 Å². The van der Waals surface area contributed by atoms with E-state index in [9.17, 15) is 24.3 Å². The standard InChI is InChI=1S/C22H40N4O5/c1-7-14(6)18(21(29)26-10-8-9-16(26)22(30)31)25-20(28)17(13(4)5)24-19(27)15(23)11-12(2)3/h12-18H,7-11,23H2,1-6H3,(H,24,27)(H,25,28)(H,30,31). The molecule has 0 aromatic rings. The van der Waals surface area contributed by atoms with Crippen LogP contribution in [-0.4, -0.2) is 64.4 Å². The van der Waals surface area contributed by atoms with Crippen molar-refractivity contribution in [1.29, 1.82) is 0 Å². The van der Waals surface area contributed by atoms with E-state index < -0.39 is 47.9 Å². The number of aliphatic carboxylic acids is 1. The van der Waals surface area contributed by atoms with Crippen molar-refractivity contribution in [1.82, 2.24) is 15.5 Å². The van der Waals surface area contributed by atoms with Gasteiger partial charge in [-0.1, -0.05) is 48.0 Å². The minimum absolute atomic E-state index is 0.196. The first-order valence-corrected chi connectivity index (χ1v) is 11.3. The fourth-order valence-electron chi connectivity index (χ4n) is 3.80. The summed E-state index contributed by atoms with van der Waals surface area (Å²) < 4.78 is 0. The first-order chi connectivity index (χ1) is 14.4. The van der Waals surface area contributed by atoms with Crippen molar-refractivity contribution in [3.05, 3.63) is 0 Å². The minimum Gasteiger partial charge on any atom is -0.480 e. The number of nitrogens with zero attached hydrogens (tertiary/aromatic N) is 1. The molecule has 31 heavy (non-hydrogen) atoms. The lowest BCUT2D eigenvalue weighted by Gasteiger charge is -2.32. The van der Waals surface area contributed by atoms with Crippen molar-refractivity contribution in [2.24, 2.45) is 23.5 Å². The summed E-state index contributed by atoms with van der Waals surface area (Å²) in [6, 6.07) is -3.30. The molecule has 1 aliphatic heterocycles. The molecular weight excluding hydrogens is 400 g/mol. The Morgan fingerprint density at radius 3 is 2.10 bits per heavy atom. The molecule has 3 amide bonds. The van der Waals surface area contributed by atoms with E-state index in [1.165, 1.54) is 4.90 Å². The maximum atomic E-state index is 13.2. The predicted molar refractivity (Wildman–Crippen MR) is 118 cm³/mol. The number of carbonyl (C=O) groups excluding carboxylic acids is 3. The van der Waals surface area contributed by atoms with E-state index in [1.54, 1.807) is 13.8 Å². The lowest BCUT2D eigenvalue weighted by Crippen LogP contribution is -2.59. The van der Waals surface area contributed by atoms with E-state index in [1.807, 2.05) is 27.7 Å².